The van der Waals surface area contributed by atoms with E-state index in [1.165, 1.54) is 11.4 Å². The second-order valence-corrected chi connectivity index (χ2v) is 6.03. The van der Waals surface area contributed by atoms with E-state index in [0.717, 1.165) is 0 Å². The standard InChI is InChI=1S/C10H20N2O6S/c1-16-7-8-18-11-10(13)2-9-19(14,15)12-3-5-17-6-4-12/h2-9H2,1H3,(H,11,13). The van der Waals surface area contributed by atoms with Crippen molar-refractivity contribution in [1.82, 2.24) is 9.79 Å². The number of nitrogens with one attached hydrogen (secondary N) is 1. The number of nitrogens with zero attached hydrogens (tertiary/aromatic N) is 1. The van der Waals surface area contributed by atoms with Crippen LogP contribution in [-0.4, -0.2) is 71.0 Å². The van der Waals surface area contributed by atoms with Gasteiger partial charge in [0.05, 0.1) is 32.2 Å². The van der Waals surface area contributed by atoms with Gasteiger partial charge in [0.25, 0.3) is 0 Å². The molecule has 1 aliphatic rings. The molecule has 112 valence electrons. The van der Waals surface area contributed by atoms with Gasteiger partial charge in [-0.1, -0.05) is 0 Å². The highest BCUT2D eigenvalue weighted by molar-refractivity contribution is 7.89. The summed E-state index contributed by atoms with van der Waals surface area (Å²) in [6.07, 6.45) is -0.132. The Kier molecular flexibility index (Phi) is 7.24. The smallest absolute Gasteiger partial charge is 0.244 e. The van der Waals surface area contributed by atoms with Crippen molar-refractivity contribution in [3.63, 3.8) is 0 Å². The fourth-order valence-corrected chi connectivity index (χ4v) is 2.89. The minimum Gasteiger partial charge on any atom is -0.382 e. The van der Waals surface area contributed by atoms with Gasteiger partial charge in [0, 0.05) is 26.6 Å². The number of ether oxygens (including phenoxy) is 2. The number of morpholine rings is 1. The Morgan fingerprint density at radius 1 is 1.32 bits per heavy atom. The first-order chi connectivity index (χ1) is 9.06. The van der Waals surface area contributed by atoms with E-state index in [9.17, 15) is 13.2 Å². The number of hydrogen-bond donors (Lipinski definition) is 1. The van der Waals surface area contributed by atoms with Gasteiger partial charge in [-0.3, -0.25) is 9.63 Å². The second-order valence-electron chi connectivity index (χ2n) is 3.94. The number of methoxy groups -OCH3 is 1. The number of rotatable bonds is 8. The maximum Gasteiger partial charge on any atom is 0.244 e. The Morgan fingerprint density at radius 2 is 2.00 bits per heavy atom. The molecular weight excluding hydrogens is 276 g/mol. The van der Waals surface area contributed by atoms with E-state index in [0.29, 0.717) is 32.9 Å². The van der Waals surface area contributed by atoms with Crippen LogP contribution in [0.4, 0.5) is 0 Å². The number of hydroxylamine groups is 1. The molecule has 1 saturated heterocycles. The van der Waals surface area contributed by atoms with Gasteiger partial charge >= 0.3 is 0 Å². The van der Waals surface area contributed by atoms with Gasteiger partial charge in [0.2, 0.25) is 15.9 Å². The largest absolute Gasteiger partial charge is 0.382 e. The minimum absolute atomic E-state index is 0.132. The number of carbonyl (C=O) groups excluding carboxylic acids is 1. The van der Waals surface area contributed by atoms with Crippen LogP contribution in [0.2, 0.25) is 0 Å². The predicted octanol–water partition coefficient (Wildman–Crippen LogP) is -1.27. The third-order valence-corrected chi connectivity index (χ3v) is 4.40. The van der Waals surface area contributed by atoms with Crippen molar-refractivity contribution in [3.8, 4) is 0 Å². The highest BCUT2D eigenvalue weighted by atomic mass is 32.2. The van der Waals surface area contributed by atoms with Crippen LogP contribution in [0.1, 0.15) is 6.42 Å². The van der Waals surface area contributed by atoms with Crippen LogP contribution in [-0.2, 0) is 29.1 Å². The molecule has 0 unspecified atom stereocenters. The molecule has 0 aromatic carbocycles. The summed E-state index contributed by atoms with van der Waals surface area (Å²) in [7, 11) is -1.89. The third-order valence-electron chi connectivity index (χ3n) is 2.53. The third kappa shape index (κ3) is 6.30. The van der Waals surface area contributed by atoms with Gasteiger partial charge in [0.1, 0.15) is 0 Å². The zero-order valence-electron chi connectivity index (χ0n) is 11.0. The van der Waals surface area contributed by atoms with E-state index in [1.807, 2.05) is 0 Å². The molecule has 1 amide bonds. The Bertz CT molecular complexity index is 366. The minimum atomic E-state index is -3.40. The summed E-state index contributed by atoms with van der Waals surface area (Å²) in [5.74, 6) is -0.695. The molecule has 0 saturated carbocycles. The van der Waals surface area contributed by atoms with Gasteiger partial charge < -0.3 is 9.47 Å². The van der Waals surface area contributed by atoms with Gasteiger partial charge in [-0.25, -0.2) is 13.9 Å². The van der Waals surface area contributed by atoms with Crippen molar-refractivity contribution in [2.24, 2.45) is 0 Å². The molecule has 1 rings (SSSR count). The Hall–Kier alpha value is -0.740. The molecule has 0 aromatic rings. The van der Waals surface area contributed by atoms with Crippen molar-refractivity contribution in [3.05, 3.63) is 0 Å². The first kappa shape index (κ1) is 16.3. The van der Waals surface area contributed by atoms with E-state index < -0.39 is 15.9 Å². The summed E-state index contributed by atoms with van der Waals surface area (Å²) in [6.45, 7) is 2.05. The van der Waals surface area contributed by atoms with Crippen molar-refractivity contribution in [1.29, 1.82) is 0 Å². The monoisotopic (exact) mass is 296 g/mol. The van der Waals surface area contributed by atoms with Crippen LogP contribution in [0, 0.1) is 0 Å². The van der Waals surface area contributed by atoms with Crippen LogP contribution >= 0.6 is 0 Å². The summed E-state index contributed by atoms with van der Waals surface area (Å²) < 4.78 is 34.9. The molecule has 0 aromatic heterocycles. The zero-order valence-corrected chi connectivity index (χ0v) is 11.8. The normalized spacial score (nSPS) is 17.3. The summed E-state index contributed by atoms with van der Waals surface area (Å²) >= 11 is 0. The quantitative estimate of drug-likeness (QED) is 0.443. The van der Waals surface area contributed by atoms with Gasteiger partial charge in [-0.2, -0.15) is 4.31 Å². The van der Waals surface area contributed by atoms with Gasteiger partial charge in [-0.15, -0.1) is 0 Å². The van der Waals surface area contributed by atoms with Crippen molar-refractivity contribution >= 4 is 15.9 Å². The fraction of sp³-hybridized carbons (Fsp3) is 0.900. The summed E-state index contributed by atoms with van der Waals surface area (Å²) in [6, 6.07) is 0. The second kappa shape index (κ2) is 8.43. The summed E-state index contributed by atoms with van der Waals surface area (Å²) in [4.78, 5) is 16.1. The van der Waals surface area contributed by atoms with E-state index in [2.05, 4.69) is 5.48 Å². The Balaban J connectivity index is 2.24. The lowest BCUT2D eigenvalue weighted by molar-refractivity contribution is -0.134. The van der Waals surface area contributed by atoms with Crippen molar-refractivity contribution in [2.75, 3.05) is 52.4 Å². The summed E-state index contributed by atoms with van der Waals surface area (Å²) in [5.41, 5.74) is 2.17. The van der Waals surface area contributed by atoms with Crippen LogP contribution in [0.5, 0.6) is 0 Å². The molecule has 1 N–H and O–H groups in total. The average Bonchev–Trinajstić information content (AvgIpc) is 2.42. The molecule has 0 radical (unpaired) electrons. The summed E-state index contributed by atoms with van der Waals surface area (Å²) in [5, 5.41) is 0. The van der Waals surface area contributed by atoms with Crippen LogP contribution in [0.15, 0.2) is 0 Å². The number of amides is 1. The molecular formula is C10H20N2O6S. The van der Waals surface area contributed by atoms with Gasteiger partial charge in [0.15, 0.2) is 0 Å². The molecule has 1 heterocycles. The van der Waals surface area contributed by atoms with Crippen LogP contribution < -0.4 is 5.48 Å². The van der Waals surface area contributed by atoms with Gasteiger partial charge in [-0.05, 0) is 0 Å². The van der Waals surface area contributed by atoms with E-state index in [4.69, 9.17) is 14.3 Å². The topological polar surface area (TPSA) is 94.2 Å². The SMILES string of the molecule is COCCONC(=O)CCS(=O)(=O)N1CCOCC1. The lowest BCUT2D eigenvalue weighted by Crippen LogP contribution is -2.42. The number of sulfonamides is 1. The molecule has 0 atom stereocenters. The highest BCUT2D eigenvalue weighted by Crippen LogP contribution is 2.06. The van der Waals surface area contributed by atoms with Crippen molar-refractivity contribution < 1.29 is 27.5 Å². The lowest BCUT2D eigenvalue weighted by atomic mass is 10.5. The molecule has 0 aliphatic carbocycles. The Morgan fingerprint density at radius 3 is 2.63 bits per heavy atom. The first-order valence-corrected chi connectivity index (χ1v) is 7.62. The highest BCUT2D eigenvalue weighted by Gasteiger charge is 2.24. The maximum atomic E-state index is 11.9. The molecule has 9 heteroatoms. The van der Waals surface area contributed by atoms with E-state index >= 15 is 0 Å². The van der Waals surface area contributed by atoms with Crippen LogP contribution in [0.25, 0.3) is 0 Å². The maximum absolute atomic E-state index is 11.9. The molecule has 1 aliphatic heterocycles. The number of carbonyl (C=O) groups is 1. The lowest BCUT2D eigenvalue weighted by Gasteiger charge is -2.25. The molecule has 8 nitrogen and oxygen atoms in total. The Labute approximate surface area is 113 Å². The molecule has 1 fully saturated rings. The van der Waals surface area contributed by atoms with E-state index in [-0.39, 0.29) is 18.8 Å². The van der Waals surface area contributed by atoms with Crippen LogP contribution in [0.3, 0.4) is 0 Å². The molecule has 19 heavy (non-hydrogen) atoms. The zero-order chi connectivity index (χ0) is 14.1. The van der Waals surface area contributed by atoms with E-state index in [1.54, 1.807) is 0 Å². The molecule has 0 bridgehead atoms. The average molecular weight is 296 g/mol. The van der Waals surface area contributed by atoms with Crippen molar-refractivity contribution in [2.45, 2.75) is 6.42 Å². The predicted molar refractivity (Wildman–Crippen MR) is 66.8 cm³/mol. The fourth-order valence-electron chi connectivity index (χ4n) is 1.48. The first-order valence-electron chi connectivity index (χ1n) is 6.01. The number of hydrogen-bond acceptors (Lipinski definition) is 6. The molecule has 0 spiro atoms.